The van der Waals surface area contributed by atoms with Gasteiger partial charge in [0.2, 0.25) is 0 Å². The average Bonchev–Trinajstić information content (AvgIpc) is 3.00. The predicted octanol–water partition coefficient (Wildman–Crippen LogP) is 2.74. The van der Waals surface area contributed by atoms with Crippen molar-refractivity contribution in [3.8, 4) is 0 Å². The minimum Gasteiger partial charge on any atom is -0.344 e. The van der Waals surface area contributed by atoms with Crippen LogP contribution in [0.2, 0.25) is 0 Å². The van der Waals surface area contributed by atoms with Gasteiger partial charge >= 0.3 is 0 Å². The van der Waals surface area contributed by atoms with Crippen molar-refractivity contribution in [2.45, 2.75) is 44.2 Å². The first-order valence-corrected chi connectivity index (χ1v) is 7.25. The first-order valence-electron chi connectivity index (χ1n) is 7.25. The van der Waals surface area contributed by atoms with E-state index in [9.17, 15) is 0 Å². The lowest BCUT2D eigenvalue weighted by Crippen LogP contribution is -2.15. The Morgan fingerprint density at radius 3 is 3.00 bits per heavy atom. The van der Waals surface area contributed by atoms with Gasteiger partial charge in [0.25, 0.3) is 0 Å². The number of hydrogen-bond acceptors (Lipinski definition) is 2. The number of H-pyrrole nitrogens is 1. The third-order valence-corrected chi connectivity index (χ3v) is 4.27. The van der Waals surface area contributed by atoms with Crippen LogP contribution in [-0.2, 0) is 13.0 Å². The van der Waals surface area contributed by atoms with Gasteiger partial charge in [-0.1, -0.05) is 24.3 Å². The van der Waals surface area contributed by atoms with Gasteiger partial charge in [0.05, 0.1) is 0 Å². The first-order chi connectivity index (χ1) is 9.40. The molecule has 1 fully saturated rings. The molecule has 4 rings (SSSR count). The summed E-state index contributed by atoms with van der Waals surface area (Å²) < 4.78 is 0. The topological polar surface area (TPSA) is 40.7 Å². The highest BCUT2D eigenvalue weighted by atomic mass is 15.0. The fourth-order valence-corrected chi connectivity index (χ4v) is 3.03. The fraction of sp³-hybridized carbons (Fsp3) is 0.438. The van der Waals surface area contributed by atoms with Crippen molar-refractivity contribution in [3.05, 3.63) is 53.1 Å². The Bertz CT molecular complexity index is 583. The molecule has 0 saturated heterocycles. The number of hydrogen-bond donors (Lipinski definition) is 2. The summed E-state index contributed by atoms with van der Waals surface area (Å²) in [5, 5.41) is 3.52. The van der Waals surface area contributed by atoms with Crippen LogP contribution >= 0.6 is 0 Å². The molecule has 1 heterocycles. The molecule has 2 N–H and O–H groups in total. The zero-order valence-corrected chi connectivity index (χ0v) is 11.0. The largest absolute Gasteiger partial charge is 0.344 e. The number of imidazole rings is 1. The quantitative estimate of drug-likeness (QED) is 0.879. The van der Waals surface area contributed by atoms with Gasteiger partial charge in [-0.05, 0) is 36.8 Å². The van der Waals surface area contributed by atoms with Crippen molar-refractivity contribution in [2.75, 3.05) is 0 Å². The minimum atomic E-state index is 0.464. The number of aryl methyl sites for hydroxylation is 1. The SMILES string of the molecule is c1ccc2c(c1)CCC2c1ncc(CNC2CC2)[nH]1. The number of benzene rings is 1. The van der Waals surface area contributed by atoms with E-state index in [2.05, 4.69) is 39.6 Å². The molecule has 19 heavy (non-hydrogen) atoms. The van der Waals surface area contributed by atoms with Gasteiger partial charge in [0.1, 0.15) is 5.82 Å². The normalized spacial score (nSPS) is 21.6. The van der Waals surface area contributed by atoms with Crippen LogP contribution in [0.3, 0.4) is 0 Å². The van der Waals surface area contributed by atoms with Crippen molar-refractivity contribution >= 4 is 0 Å². The fourth-order valence-electron chi connectivity index (χ4n) is 3.03. The second kappa shape index (κ2) is 4.49. The maximum atomic E-state index is 4.60. The summed E-state index contributed by atoms with van der Waals surface area (Å²) in [6.45, 7) is 0.923. The van der Waals surface area contributed by atoms with Gasteiger partial charge in [-0.2, -0.15) is 0 Å². The van der Waals surface area contributed by atoms with Gasteiger partial charge in [0.15, 0.2) is 0 Å². The molecule has 1 aromatic carbocycles. The van der Waals surface area contributed by atoms with Crippen LogP contribution in [0.25, 0.3) is 0 Å². The molecule has 0 bridgehead atoms. The van der Waals surface area contributed by atoms with E-state index in [-0.39, 0.29) is 0 Å². The van der Waals surface area contributed by atoms with Crippen molar-refractivity contribution in [3.63, 3.8) is 0 Å². The van der Waals surface area contributed by atoms with Crippen LogP contribution in [0.5, 0.6) is 0 Å². The van der Waals surface area contributed by atoms with E-state index in [1.165, 1.54) is 42.5 Å². The van der Waals surface area contributed by atoms with Gasteiger partial charge < -0.3 is 10.3 Å². The summed E-state index contributed by atoms with van der Waals surface area (Å²) in [5.41, 5.74) is 4.16. The molecule has 0 radical (unpaired) electrons. The van der Waals surface area contributed by atoms with E-state index < -0.39 is 0 Å². The summed E-state index contributed by atoms with van der Waals surface area (Å²) in [6.07, 6.45) is 7.01. The monoisotopic (exact) mass is 253 g/mol. The van der Waals surface area contributed by atoms with E-state index >= 15 is 0 Å². The minimum absolute atomic E-state index is 0.464. The van der Waals surface area contributed by atoms with Gasteiger partial charge in [0, 0.05) is 30.4 Å². The Labute approximate surface area is 113 Å². The Hall–Kier alpha value is -1.61. The number of aromatic amines is 1. The van der Waals surface area contributed by atoms with Crippen LogP contribution in [0.4, 0.5) is 0 Å². The third kappa shape index (κ3) is 2.19. The second-order valence-corrected chi connectivity index (χ2v) is 5.74. The van der Waals surface area contributed by atoms with E-state index in [0.29, 0.717) is 5.92 Å². The van der Waals surface area contributed by atoms with Crippen LogP contribution in [-0.4, -0.2) is 16.0 Å². The van der Waals surface area contributed by atoms with Crippen LogP contribution in [0, 0.1) is 0 Å². The molecular formula is C16H19N3. The molecule has 1 unspecified atom stereocenters. The molecule has 0 aliphatic heterocycles. The molecule has 3 heteroatoms. The number of nitrogens with zero attached hydrogens (tertiary/aromatic N) is 1. The zero-order chi connectivity index (χ0) is 12.7. The van der Waals surface area contributed by atoms with Crippen molar-refractivity contribution in [2.24, 2.45) is 0 Å². The first kappa shape index (κ1) is 11.2. The molecule has 1 saturated carbocycles. The lowest BCUT2D eigenvalue weighted by atomic mass is 10.0. The Balaban J connectivity index is 1.53. The number of rotatable bonds is 4. The van der Waals surface area contributed by atoms with E-state index in [4.69, 9.17) is 0 Å². The van der Waals surface area contributed by atoms with Crippen LogP contribution < -0.4 is 5.32 Å². The van der Waals surface area contributed by atoms with Crippen LogP contribution in [0.15, 0.2) is 30.5 Å². The highest BCUT2D eigenvalue weighted by molar-refractivity contribution is 5.38. The molecule has 3 nitrogen and oxygen atoms in total. The molecule has 1 atom stereocenters. The molecule has 2 aromatic rings. The Morgan fingerprint density at radius 1 is 1.21 bits per heavy atom. The van der Waals surface area contributed by atoms with Crippen LogP contribution in [0.1, 0.15) is 47.8 Å². The van der Waals surface area contributed by atoms with Gasteiger partial charge in [-0.3, -0.25) is 0 Å². The van der Waals surface area contributed by atoms with E-state index in [0.717, 1.165) is 18.4 Å². The summed E-state index contributed by atoms with van der Waals surface area (Å²) >= 11 is 0. The summed E-state index contributed by atoms with van der Waals surface area (Å²) in [7, 11) is 0. The average molecular weight is 253 g/mol. The highest BCUT2D eigenvalue weighted by Crippen LogP contribution is 2.36. The Morgan fingerprint density at radius 2 is 2.11 bits per heavy atom. The molecule has 0 spiro atoms. The molecule has 2 aliphatic rings. The predicted molar refractivity (Wildman–Crippen MR) is 75.1 cm³/mol. The second-order valence-electron chi connectivity index (χ2n) is 5.74. The summed E-state index contributed by atoms with van der Waals surface area (Å²) in [4.78, 5) is 8.11. The standard InChI is InChI=1S/C16H19N3/c1-2-4-14-11(3-1)5-8-15(14)16-18-10-13(19-16)9-17-12-6-7-12/h1-4,10,12,15,17H,5-9H2,(H,18,19). The molecule has 2 aliphatic carbocycles. The van der Waals surface area contributed by atoms with E-state index in [1.54, 1.807) is 0 Å². The number of aromatic nitrogens is 2. The molecule has 0 amide bonds. The third-order valence-electron chi connectivity index (χ3n) is 4.27. The number of fused-ring (bicyclic) bond motifs is 1. The lowest BCUT2D eigenvalue weighted by molar-refractivity contribution is 0.671. The van der Waals surface area contributed by atoms with Crippen molar-refractivity contribution < 1.29 is 0 Å². The molecule has 98 valence electrons. The summed E-state index contributed by atoms with van der Waals surface area (Å²) in [5.74, 6) is 1.60. The Kier molecular flexibility index (Phi) is 2.66. The maximum Gasteiger partial charge on any atom is 0.113 e. The number of nitrogens with one attached hydrogen (secondary N) is 2. The highest BCUT2D eigenvalue weighted by Gasteiger charge is 2.26. The zero-order valence-electron chi connectivity index (χ0n) is 11.0. The van der Waals surface area contributed by atoms with Gasteiger partial charge in [-0.25, -0.2) is 4.98 Å². The summed E-state index contributed by atoms with van der Waals surface area (Å²) in [6, 6.07) is 9.51. The molecule has 1 aromatic heterocycles. The van der Waals surface area contributed by atoms with E-state index in [1.807, 2.05) is 6.20 Å². The van der Waals surface area contributed by atoms with Gasteiger partial charge in [-0.15, -0.1) is 0 Å². The molecular weight excluding hydrogens is 234 g/mol. The lowest BCUT2D eigenvalue weighted by Gasteiger charge is -2.08. The van der Waals surface area contributed by atoms with Crippen molar-refractivity contribution in [1.82, 2.24) is 15.3 Å². The maximum absolute atomic E-state index is 4.60. The smallest absolute Gasteiger partial charge is 0.113 e. The van der Waals surface area contributed by atoms with Crippen molar-refractivity contribution in [1.29, 1.82) is 0 Å².